The van der Waals surface area contributed by atoms with Crippen molar-refractivity contribution >= 4 is 5.91 Å². The van der Waals surface area contributed by atoms with Crippen LogP contribution in [-0.2, 0) is 27.5 Å². The van der Waals surface area contributed by atoms with Crippen molar-refractivity contribution in [2.75, 3.05) is 33.0 Å². The maximum absolute atomic E-state index is 13.7. The van der Waals surface area contributed by atoms with Crippen LogP contribution in [0.15, 0.2) is 54.3 Å². The molecule has 0 aliphatic carbocycles. The molecule has 6 rings (SSSR count). The summed E-state index contributed by atoms with van der Waals surface area (Å²) in [6, 6.07) is 14.2. The number of nitrogens with zero attached hydrogens (tertiary/aromatic N) is 2. The zero-order chi connectivity index (χ0) is 26.6. The number of aliphatic hydroxyl groups excluding tert-OH is 1. The number of allylic oxidation sites excluding steroid dienone is 1. The largest absolute Gasteiger partial charge is 0.459 e. The molecule has 1 amide bonds. The molecule has 4 aliphatic rings. The van der Waals surface area contributed by atoms with Gasteiger partial charge in [0.05, 0.1) is 13.2 Å². The van der Waals surface area contributed by atoms with Crippen LogP contribution in [0.25, 0.3) is 0 Å². The second-order valence-electron chi connectivity index (χ2n) is 10.9. The molecule has 0 aromatic heterocycles. The third-order valence-corrected chi connectivity index (χ3v) is 8.39. The average molecular weight is 535 g/mol. The van der Waals surface area contributed by atoms with E-state index in [9.17, 15) is 9.90 Å². The molecule has 2 unspecified atom stereocenters. The van der Waals surface area contributed by atoms with Crippen LogP contribution in [-0.4, -0.2) is 66.1 Å². The minimum Gasteiger partial charge on any atom is -0.459 e. The monoisotopic (exact) mass is 534 g/mol. The Morgan fingerprint density at radius 2 is 1.67 bits per heavy atom. The Balaban J connectivity index is 1.15. The van der Waals surface area contributed by atoms with Crippen molar-refractivity contribution in [1.29, 1.82) is 0 Å². The predicted molar refractivity (Wildman–Crippen MR) is 145 cm³/mol. The standard InChI is InChI=1S/C31H38N2O6/c34-19-22-4-6-23(7-5-22)20-36-30-18-25(24-8-9-27-28(16-24)38-21-37-27)17-29(39-30)31(35)33-14-10-26(11-15-33)32-12-2-1-3-13-32/h4-9,16-17,25-26,30,34H,1-3,10-15,18-21H2. The maximum Gasteiger partial charge on any atom is 0.288 e. The molecule has 2 saturated heterocycles. The molecule has 0 saturated carbocycles. The van der Waals surface area contributed by atoms with Gasteiger partial charge in [0.15, 0.2) is 17.3 Å². The lowest BCUT2D eigenvalue weighted by Crippen LogP contribution is -2.49. The Hall–Kier alpha value is -3.07. The molecule has 8 nitrogen and oxygen atoms in total. The Labute approximate surface area is 230 Å². The summed E-state index contributed by atoms with van der Waals surface area (Å²) in [5.41, 5.74) is 2.88. The van der Waals surface area contributed by atoms with Crippen LogP contribution >= 0.6 is 0 Å². The van der Waals surface area contributed by atoms with Crippen LogP contribution < -0.4 is 9.47 Å². The molecule has 4 heterocycles. The van der Waals surface area contributed by atoms with Crippen molar-refractivity contribution in [2.24, 2.45) is 0 Å². The van der Waals surface area contributed by atoms with Gasteiger partial charge in [0.1, 0.15) is 0 Å². The zero-order valence-electron chi connectivity index (χ0n) is 22.4. The van der Waals surface area contributed by atoms with E-state index in [1.165, 1.54) is 32.4 Å². The number of rotatable bonds is 7. The van der Waals surface area contributed by atoms with Crippen LogP contribution in [0, 0.1) is 0 Å². The van der Waals surface area contributed by atoms with E-state index >= 15 is 0 Å². The molecule has 8 heteroatoms. The third kappa shape index (κ3) is 6.08. The fourth-order valence-corrected chi connectivity index (χ4v) is 6.09. The number of ether oxygens (including phenoxy) is 4. The number of carbonyl (C=O) groups is 1. The first kappa shape index (κ1) is 26.2. The van der Waals surface area contributed by atoms with Gasteiger partial charge in [-0.3, -0.25) is 4.79 Å². The fourth-order valence-electron chi connectivity index (χ4n) is 6.09. The molecule has 2 aromatic rings. The first-order chi connectivity index (χ1) is 19.2. The van der Waals surface area contributed by atoms with Gasteiger partial charge in [-0.1, -0.05) is 36.8 Å². The topological polar surface area (TPSA) is 80.7 Å². The van der Waals surface area contributed by atoms with Crippen LogP contribution in [0.1, 0.15) is 61.1 Å². The minimum atomic E-state index is -0.562. The Kier molecular flexibility index (Phi) is 8.04. The third-order valence-electron chi connectivity index (χ3n) is 8.39. The normalized spacial score (nSPS) is 23.8. The van der Waals surface area contributed by atoms with Crippen LogP contribution in [0.4, 0.5) is 0 Å². The fraction of sp³-hybridized carbons (Fsp3) is 0.516. The number of likely N-dealkylation sites (tertiary alicyclic amines) is 2. The van der Waals surface area contributed by atoms with Gasteiger partial charge < -0.3 is 33.9 Å². The second kappa shape index (κ2) is 12.0. The van der Waals surface area contributed by atoms with Crippen molar-refractivity contribution in [1.82, 2.24) is 9.80 Å². The molecular weight excluding hydrogens is 496 g/mol. The summed E-state index contributed by atoms with van der Waals surface area (Å²) in [7, 11) is 0. The maximum atomic E-state index is 13.7. The molecule has 2 aromatic carbocycles. The summed E-state index contributed by atoms with van der Waals surface area (Å²) in [5.74, 6) is 1.71. The first-order valence-corrected chi connectivity index (χ1v) is 14.3. The lowest BCUT2D eigenvalue weighted by molar-refractivity contribution is -0.157. The Bertz CT molecular complexity index is 1170. The van der Waals surface area contributed by atoms with Crippen LogP contribution in [0.5, 0.6) is 11.5 Å². The lowest BCUT2D eigenvalue weighted by atomic mass is 9.92. The van der Waals surface area contributed by atoms with Gasteiger partial charge in [0, 0.05) is 31.5 Å². The molecule has 0 radical (unpaired) electrons. The van der Waals surface area contributed by atoms with Gasteiger partial charge in [-0.25, -0.2) is 0 Å². The summed E-state index contributed by atoms with van der Waals surface area (Å²) >= 11 is 0. The van der Waals surface area contributed by atoms with E-state index in [2.05, 4.69) is 4.90 Å². The summed E-state index contributed by atoms with van der Waals surface area (Å²) in [6.07, 6.45) is 7.90. The summed E-state index contributed by atoms with van der Waals surface area (Å²) in [5, 5.41) is 9.31. The van der Waals surface area contributed by atoms with Gasteiger partial charge in [0.2, 0.25) is 13.1 Å². The SMILES string of the molecule is O=C(C1=CC(c2ccc3c(c2)OCO3)CC(OCc2ccc(CO)cc2)O1)N1CCC(N2CCCCC2)CC1. The van der Waals surface area contributed by atoms with Gasteiger partial charge in [0.25, 0.3) is 5.91 Å². The van der Waals surface area contributed by atoms with Crippen molar-refractivity contribution in [3.05, 3.63) is 71.0 Å². The van der Waals surface area contributed by atoms with Crippen molar-refractivity contribution in [2.45, 2.75) is 70.0 Å². The molecule has 0 spiro atoms. The van der Waals surface area contributed by atoms with E-state index in [0.717, 1.165) is 54.1 Å². The van der Waals surface area contributed by atoms with Crippen molar-refractivity contribution in [3.8, 4) is 11.5 Å². The van der Waals surface area contributed by atoms with Gasteiger partial charge in [-0.15, -0.1) is 0 Å². The van der Waals surface area contributed by atoms with Crippen molar-refractivity contribution in [3.63, 3.8) is 0 Å². The number of piperidine rings is 2. The van der Waals surface area contributed by atoms with E-state index in [-0.39, 0.29) is 25.2 Å². The molecular formula is C31H38N2O6. The predicted octanol–water partition coefficient (Wildman–Crippen LogP) is 4.32. The Morgan fingerprint density at radius 1 is 0.923 bits per heavy atom. The quantitative estimate of drug-likeness (QED) is 0.567. The summed E-state index contributed by atoms with van der Waals surface area (Å²) < 4.78 is 23.5. The lowest BCUT2D eigenvalue weighted by Gasteiger charge is -2.40. The number of hydrogen-bond acceptors (Lipinski definition) is 7. The number of aliphatic hydroxyl groups is 1. The highest BCUT2D eigenvalue weighted by Gasteiger charge is 2.34. The highest BCUT2D eigenvalue weighted by molar-refractivity contribution is 5.92. The first-order valence-electron chi connectivity index (χ1n) is 14.3. The molecule has 2 atom stereocenters. The number of fused-ring (bicyclic) bond motifs is 1. The number of benzene rings is 2. The molecule has 208 valence electrons. The van der Waals surface area contributed by atoms with E-state index in [1.807, 2.05) is 53.4 Å². The molecule has 2 fully saturated rings. The molecule has 1 N–H and O–H groups in total. The summed E-state index contributed by atoms with van der Waals surface area (Å²) in [4.78, 5) is 18.2. The number of carbonyl (C=O) groups excluding carboxylic acids is 1. The number of amides is 1. The Morgan fingerprint density at radius 3 is 2.44 bits per heavy atom. The minimum absolute atomic E-state index is 0.00955. The van der Waals surface area contributed by atoms with Crippen LogP contribution in [0.3, 0.4) is 0 Å². The summed E-state index contributed by atoms with van der Waals surface area (Å²) in [6.45, 7) is 4.46. The van der Waals surface area contributed by atoms with Crippen LogP contribution in [0.2, 0.25) is 0 Å². The van der Waals surface area contributed by atoms with E-state index in [0.29, 0.717) is 24.8 Å². The van der Waals surface area contributed by atoms with Gasteiger partial charge in [-0.2, -0.15) is 0 Å². The van der Waals surface area contributed by atoms with Gasteiger partial charge in [-0.05, 0) is 73.7 Å². The highest BCUT2D eigenvalue weighted by atomic mass is 16.7. The highest BCUT2D eigenvalue weighted by Crippen LogP contribution is 2.39. The molecule has 39 heavy (non-hydrogen) atoms. The number of hydrogen-bond donors (Lipinski definition) is 1. The van der Waals surface area contributed by atoms with Gasteiger partial charge >= 0.3 is 0 Å². The molecule has 4 aliphatic heterocycles. The van der Waals surface area contributed by atoms with E-state index < -0.39 is 6.29 Å². The van der Waals surface area contributed by atoms with Crippen molar-refractivity contribution < 1.29 is 28.8 Å². The zero-order valence-corrected chi connectivity index (χ0v) is 22.4. The molecule has 0 bridgehead atoms. The van der Waals surface area contributed by atoms with E-state index in [4.69, 9.17) is 18.9 Å². The second-order valence-corrected chi connectivity index (χ2v) is 10.9. The smallest absolute Gasteiger partial charge is 0.288 e. The average Bonchev–Trinajstić information content (AvgIpc) is 3.48. The van der Waals surface area contributed by atoms with E-state index in [1.54, 1.807) is 0 Å².